The van der Waals surface area contributed by atoms with E-state index in [4.69, 9.17) is 11.5 Å². The molecular formula is C12H12FN5O3. The normalized spacial score (nSPS) is 12.0. The second-order valence-electron chi connectivity index (χ2n) is 4.37. The van der Waals surface area contributed by atoms with Crippen molar-refractivity contribution in [3.8, 4) is 0 Å². The molecule has 0 bridgehead atoms. The number of nitrogens with two attached hydrogens (primary N) is 2. The van der Waals surface area contributed by atoms with E-state index in [0.717, 1.165) is 12.1 Å². The largest absolute Gasteiger partial charge is 0.383 e. The van der Waals surface area contributed by atoms with E-state index in [1.807, 2.05) is 0 Å². The molecule has 21 heavy (non-hydrogen) atoms. The first kappa shape index (κ1) is 14.4. The molecule has 0 aliphatic rings. The Labute approximate surface area is 117 Å². The van der Waals surface area contributed by atoms with Crippen LogP contribution in [0.25, 0.3) is 0 Å². The highest BCUT2D eigenvalue weighted by atomic mass is 19.1. The lowest BCUT2D eigenvalue weighted by atomic mass is 9.92. The van der Waals surface area contributed by atoms with Gasteiger partial charge >= 0.3 is 0 Å². The number of nitro groups is 1. The number of aromatic nitrogens is 2. The monoisotopic (exact) mass is 293 g/mol. The van der Waals surface area contributed by atoms with Crippen molar-refractivity contribution in [1.29, 1.82) is 0 Å². The molecule has 1 unspecified atom stereocenters. The van der Waals surface area contributed by atoms with Crippen molar-refractivity contribution < 1.29 is 9.31 Å². The van der Waals surface area contributed by atoms with Gasteiger partial charge in [0.15, 0.2) is 0 Å². The van der Waals surface area contributed by atoms with Crippen LogP contribution in [0.4, 0.5) is 16.2 Å². The number of nitrogen functional groups attached to an aromatic ring is 2. The lowest BCUT2D eigenvalue weighted by Gasteiger charge is -2.14. The maximum atomic E-state index is 13.0. The number of hydrogen-bond donors (Lipinski definition) is 3. The van der Waals surface area contributed by atoms with Crippen LogP contribution in [0.15, 0.2) is 29.1 Å². The molecule has 5 N–H and O–H groups in total. The Hall–Kier alpha value is -2.97. The topological polar surface area (TPSA) is 141 Å². The third kappa shape index (κ3) is 3.14. The summed E-state index contributed by atoms with van der Waals surface area (Å²) in [6.45, 7) is -0.579. The SMILES string of the molecule is Nc1nc(N)c(C(C[N+](=O)[O-])c2ccc(F)cc2)c(=O)[nH]1. The zero-order valence-corrected chi connectivity index (χ0v) is 10.7. The molecule has 2 rings (SSSR count). The number of nitrogens with one attached hydrogen (secondary N) is 1. The summed E-state index contributed by atoms with van der Waals surface area (Å²) in [5.41, 5.74) is 10.7. The van der Waals surface area contributed by atoms with Crippen LogP contribution in [0.5, 0.6) is 0 Å². The maximum absolute atomic E-state index is 13.0. The smallest absolute Gasteiger partial charge is 0.258 e. The molecule has 0 radical (unpaired) electrons. The standard InChI is InChI=1S/C12H12FN5O3/c13-7-3-1-6(2-4-7)8(5-18(20)21)9-10(14)16-12(15)17-11(9)19/h1-4,8H,5H2,(H5,14,15,16,17,19). The number of halogens is 1. The van der Waals surface area contributed by atoms with Gasteiger partial charge in [-0.15, -0.1) is 0 Å². The first-order valence-corrected chi connectivity index (χ1v) is 5.91. The number of benzene rings is 1. The van der Waals surface area contributed by atoms with E-state index in [1.54, 1.807) is 0 Å². The fraction of sp³-hybridized carbons (Fsp3) is 0.167. The molecule has 1 atom stereocenters. The van der Waals surface area contributed by atoms with Crippen LogP contribution >= 0.6 is 0 Å². The van der Waals surface area contributed by atoms with Gasteiger partial charge in [-0.1, -0.05) is 12.1 Å². The molecule has 0 saturated carbocycles. The van der Waals surface area contributed by atoms with Gasteiger partial charge in [0.2, 0.25) is 12.5 Å². The number of rotatable bonds is 4. The zero-order chi connectivity index (χ0) is 15.6. The van der Waals surface area contributed by atoms with E-state index in [2.05, 4.69) is 9.97 Å². The summed E-state index contributed by atoms with van der Waals surface area (Å²) in [4.78, 5) is 28.2. The number of H-pyrrole nitrogens is 1. The molecule has 8 nitrogen and oxygen atoms in total. The van der Waals surface area contributed by atoms with Gasteiger partial charge in [0.05, 0.1) is 11.5 Å². The minimum atomic E-state index is -0.947. The molecule has 0 spiro atoms. The first-order chi connectivity index (χ1) is 9.88. The Morgan fingerprint density at radius 1 is 1.33 bits per heavy atom. The predicted octanol–water partition coefficient (Wildman–Crippen LogP) is 0.482. The van der Waals surface area contributed by atoms with E-state index >= 15 is 0 Å². The highest BCUT2D eigenvalue weighted by Gasteiger charge is 2.26. The Balaban J connectivity index is 2.58. The molecule has 0 saturated heterocycles. The second-order valence-corrected chi connectivity index (χ2v) is 4.37. The minimum absolute atomic E-state index is 0.0625. The van der Waals surface area contributed by atoms with E-state index in [0.29, 0.717) is 5.56 Å². The van der Waals surface area contributed by atoms with Crippen molar-refractivity contribution in [2.75, 3.05) is 18.0 Å². The zero-order valence-electron chi connectivity index (χ0n) is 10.7. The van der Waals surface area contributed by atoms with Crippen LogP contribution in [0.3, 0.4) is 0 Å². The van der Waals surface area contributed by atoms with Gasteiger partial charge in [-0.3, -0.25) is 19.9 Å². The summed E-state index contributed by atoms with van der Waals surface area (Å²) in [6, 6.07) is 5.02. The van der Waals surface area contributed by atoms with Gasteiger partial charge in [0, 0.05) is 4.92 Å². The summed E-state index contributed by atoms with van der Waals surface area (Å²) < 4.78 is 13.0. The molecule has 0 aliphatic carbocycles. The molecule has 110 valence electrons. The Morgan fingerprint density at radius 2 is 1.95 bits per heavy atom. The summed E-state index contributed by atoms with van der Waals surface area (Å²) in [5.74, 6) is -1.80. The minimum Gasteiger partial charge on any atom is -0.383 e. The molecule has 0 aliphatic heterocycles. The molecular weight excluding hydrogens is 281 g/mol. The van der Waals surface area contributed by atoms with E-state index < -0.39 is 28.8 Å². The van der Waals surface area contributed by atoms with Crippen molar-refractivity contribution >= 4 is 11.8 Å². The van der Waals surface area contributed by atoms with Gasteiger partial charge in [-0.25, -0.2) is 4.39 Å². The summed E-state index contributed by atoms with van der Waals surface area (Å²) in [6.07, 6.45) is 0. The van der Waals surface area contributed by atoms with Gasteiger partial charge in [-0.05, 0) is 17.7 Å². The van der Waals surface area contributed by atoms with Crippen molar-refractivity contribution in [3.05, 3.63) is 61.7 Å². The van der Waals surface area contributed by atoms with Crippen LogP contribution < -0.4 is 17.0 Å². The molecule has 1 aromatic heterocycles. The number of hydrogen-bond acceptors (Lipinski definition) is 6. The Kier molecular flexibility index (Phi) is 3.83. The highest BCUT2D eigenvalue weighted by Crippen LogP contribution is 2.26. The van der Waals surface area contributed by atoms with E-state index in [-0.39, 0.29) is 17.3 Å². The molecule has 1 aromatic carbocycles. The molecule has 0 fully saturated rings. The average Bonchev–Trinajstić information content (AvgIpc) is 2.37. The van der Waals surface area contributed by atoms with Crippen molar-refractivity contribution in [1.82, 2.24) is 9.97 Å². The average molecular weight is 293 g/mol. The number of anilines is 2. The first-order valence-electron chi connectivity index (χ1n) is 5.91. The van der Waals surface area contributed by atoms with Crippen LogP contribution in [0, 0.1) is 15.9 Å². The van der Waals surface area contributed by atoms with Crippen LogP contribution in [0.2, 0.25) is 0 Å². The summed E-state index contributed by atoms with van der Waals surface area (Å²) in [5, 5.41) is 10.8. The number of nitrogens with zero attached hydrogens (tertiary/aromatic N) is 2. The number of aromatic amines is 1. The van der Waals surface area contributed by atoms with Gasteiger partial charge in [0.1, 0.15) is 11.6 Å². The van der Waals surface area contributed by atoms with Crippen LogP contribution in [-0.4, -0.2) is 21.4 Å². The second kappa shape index (κ2) is 5.57. The van der Waals surface area contributed by atoms with Gasteiger partial charge < -0.3 is 11.5 Å². The molecule has 9 heteroatoms. The third-order valence-electron chi connectivity index (χ3n) is 2.96. The fourth-order valence-electron chi connectivity index (χ4n) is 2.06. The van der Waals surface area contributed by atoms with E-state index in [9.17, 15) is 19.3 Å². The van der Waals surface area contributed by atoms with Gasteiger partial charge in [-0.2, -0.15) is 4.98 Å². The summed E-state index contributed by atoms with van der Waals surface area (Å²) >= 11 is 0. The lowest BCUT2D eigenvalue weighted by molar-refractivity contribution is -0.481. The highest BCUT2D eigenvalue weighted by molar-refractivity contribution is 5.47. The maximum Gasteiger partial charge on any atom is 0.258 e. The fourth-order valence-corrected chi connectivity index (χ4v) is 2.06. The van der Waals surface area contributed by atoms with Crippen molar-refractivity contribution in [2.24, 2.45) is 0 Å². The van der Waals surface area contributed by atoms with Gasteiger partial charge in [0.25, 0.3) is 5.56 Å². The third-order valence-corrected chi connectivity index (χ3v) is 2.96. The van der Waals surface area contributed by atoms with Crippen molar-refractivity contribution in [2.45, 2.75) is 5.92 Å². The Morgan fingerprint density at radius 3 is 2.48 bits per heavy atom. The quantitative estimate of drug-likeness (QED) is 0.553. The van der Waals surface area contributed by atoms with E-state index in [1.165, 1.54) is 12.1 Å². The summed E-state index contributed by atoms with van der Waals surface area (Å²) in [7, 11) is 0. The van der Waals surface area contributed by atoms with Crippen molar-refractivity contribution in [3.63, 3.8) is 0 Å². The van der Waals surface area contributed by atoms with Crippen LogP contribution in [0.1, 0.15) is 17.0 Å². The Bertz CT molecular complexity index is 729. The predicted molar refractivity (Wildman–Crippen MR) is 73.8 cm³/mol. The molecule has 2 aromatic rings. The van der Waals surface area contributed by atoms with Crippen LogP contribution in [-0.2, 0) is 0 Å². The molecule has 0 amide bonds. The lowest BCUT2D eigenvalue weighted by Crippen LogP contribution is -2.26. The molecule has 1 heterocycles.